The fourth-order valence-electron chi connectivity index (χ4n) is 3.24. The first kappa shape index (κ1) is 13.9. The summed E-state index contributed by atoms with van der Waals surface area (Å²) >= 11 is 0. The van der Waals surface area contributed by atoms with Gasteiger partial charge < -0.3 is 5.32 Å². The molecule has 2 fully saturated rings. The molecular formula is C15H23ClN2. The summed E-state index contributed by atoms with van der Waals surface area (Å²) in [7, 11) is 0. The standard InChI is InChI=1S/C15H22N2.ClH/c1-11-3-4-13(5-12(11)2)8-17-9-14-6-16-7-15(14)10-17;/h3-5,14-16H,6-10H2,1-2H3;1H/t14-,15+;. The molecule has 3 heteroatoms. The molecule has 3 rings (SSSR count). The normalized spacial score (nSPS) is 27.0. The summed E-state index contributed by atoms with van der Waals surface area (Å²) in [6.45, 7) is 10.6. The average Bonchev–Trinajstić information content (AvgIpc) is 2.84. The number of rotatable bonds is 2. The third kappa shape index (κ3) is 2.71. The number of nitrogens with one attached hydrogen (secondary N) is 1. The predicted octanol–water partition coefficient (Wildman–Crippen LogP) is 2.38. The second kappa shape index (κ2) is 5.60. The number of nitrogens with zero attached hydrogens (tertiary/aromatic N) is 1. The van der Waals surface area contributed by atoms with E-state index in [1.54, 1.807) is 0 Å². The van der Waals surface area contributed by atoms with Crippen LogP contribution in [0.5, 0.6) is 0 Å². The molecule has 0 saturated carbocycles. The zero-order valence-electron chi connectivity index (χ0n) is 11.3. The quantitative estimate of drug-likeness (QED) is 0.884. The Balaban J connectivity index is 0.00000120. The van der Waals surface area contributed by atoms with Crippen molar-refractivity contribution in [3.8, 4) is 0 Å². The maximum absolute atomic E-state index is 3.50. The molecule has 100 valence electrons. The number of hydrogen-bond acceptors (Lipinski definition) is 2. The Labute approximate surface area is 116 Å². The van der Waals surface area contributed by atoms with Gasteiger partial charge in [0, 0.05) is 19.6 Å². The molecule has 2 atom stereocenters. The second-order valence-electron chi connectivity index (χ2n) is 5.79. The van der Waals surface area contributed by atoms with E-state index in [-0.39, 0.29) is 12.4 Å². The van der Waals surface area contributed by atoms with Crippen molar-refractivity contribution in [2.75, 3.05) is 26.2 Å². The van der Waals surface area contributed by atoms with E-state index in [0.29, 0.717) is 0 Å². The molecule has 2 aliphatic rings. The minimum Gasteiger partial charge on any atom is -0.316 e. The topological polar surface area (TPSA) is 15.3 Å². The lowest BCUT2D eigenvalue weighted by Gasteiger charge is -2.17. The Kier molecular flexibility index (Phi) is 4.31. The second-order valence-corrected chi connectivity index (χ2v) is 5.79. The molecule has 0 aliphatic carbocycles. The van der Waals surface area contributed by atoms with Crippen molar-refractivity contribution in [1.82, 2.24) is 10.2 Å². The number of hydrogen-bond donors (Lipinski definition) is 1. The SMILES string of the molecule is Cc1ccc(CN2C[C@H]3CNC[C@H]3C2)cc1C.Cl. The molecule has 0 unspecified atom stereocenters. The van der Waals surface area contributed by atoms with Crippen LogP contribution in [0.3, 0.4) is 0 Å². The number of aryl methyl sites for hydroxylation is 2. The van der Waals surface area contributed by atoms with Crippen LogP contribution in [0.25, 0.3) is 0 Å². The van der Waals surface area contributed by atoms with Crippen LogP contribution < -0.4 is 5.32 Å². The molecular weight excluding hydrogens is 244 g/mol. The van der Waals surface area contributed by atoms with Gasteiger partial charge in [0.05, 0.1) is 0 Å². The van der Waals surface area contributed by atoms with Crippen molar-refractivity contribution in [3.05, 3.63) is 34.9 Å². The molecule has 2 aliphatic heterocycles. The van der Waals surface area contributed by atoms with Gasteiger partial charge in [-0.15, -0.1) is 12.4 Å². The third-order valence-corrected chi connectivity index (χ3v) is 4.44. The predicted molar refractivity (Wildman–Crippen MR) is 78.3 cm³/mol. The summed E-state index contributed by atoms with van der Waals surface area (Å²) in [6, 6.07) is 6.89. The minimum absolute atomic E-state index is 0. The summed E-state index contributed by atoms with van der Waals surface area (Å²) in [5.41, 5.74) is 4.29. The Hall–Kier alpha value is -0.570. The lowest BCUT2D eigenvalue weighted by Crippen LogP contribution is -2.25. The molecule has 0 aromatic heterocycles. The molecule has 0 spiro atoms. The molecule has 2 nitrogen and oxygen atoms in total. The summed E-state index contributed by atoms with van der Waals surface area (Å²) in [4.78, 5) is 2.63. The van der Waals surface area contributed by atoms with Gasteiger partial charge in [-0.25, -0.2) is 0 Å². The smallest absolute Gasteiger partial charge is 0.0234 e. The van der Waals surface area contributed by atoms with Crippen LogP contribution in [0.4, 0.5) is 0 Å². The van der Waals surface area contributed by atoms with Crippen LogP contribution in [0.15, 0.2) is 18.2 Å². The van der Waals surface area contributed by atoms with Crippen LogP contribution >= 0.6 is 12.4 Å². The molecule has 0 amide bonds. The molecule has 1 aromatic carbocycles. The lowest BCUT2D eigenvalue weighted by molar-refractivity contribution is 0.305. The van der Waals surface area contributed by atoms with Crippen molar-refractivity contribution in [3.63, 3.8) is 0 Å². The Bertz CT molecular complexity index is 407. The first-order chi connectivity index (χ1) is 8.22. The van der Waals surface area contributed by atoms with E-state index in [1.165, 1.54) is 42.9 Å². The van der Waals surface area contributed by atoms with Gasteiger partial charge in [-0.2, -0.15) is 0 Å². The van der Waals surface area contributed by atoms with Gasteiger partial charge in [0.15, 0.2) is 0 Å². The van der Waals surface area contributed by atoms with E-state index in [2.05, 4.69) is 42.3 Å². The third-order valence-electron chi connectivity index (χ3n) is 4.44. The lowest BCUT2D eigenvalue weighted by atomic mass is 10.0. The molecule has 1 aromatic rings. The van der Waals surface area contributed by atoms with Crippen molar-refractivity contribution in [2.24, 2.45) is 11.8 Å². The van der Waals surface area contributed by atoms with Gasteiger partial charge in [-0.1, -0.05) is 18.2 Å². The van der Waals surface area contributed by atoms with E-state index in [9.17, 15) is 0 Å². The highest BCUT2D eigenvalue weighted by atomic mass is 35.5. The van der Waals surface area contributed by atoms with Crippen LogP contribution in [-0.2, 0) is 6.54 Å². The molecule has 0 radical (unpaired) electrons. The number of likely N-dealkylation sites (tertiary alicyclic amines) is 1. The van der Waals surface area contributed by atoms with Gasteiger partial charge in [0.2, 0.25) is 0 Å². The van der Waals surface area contributed by atoms with E-state index in [4.69, 9.17) is 0 Å². The van der Waals surface area contributed by atoms with Gasteiger partial charge in [0.1, 0.15) is 0 Å². The highest BCUT2D eigenvalue weighted by Gasteiger charge is 2.35. The van der Waals surface area contributed by atoms with Crippen molar-refractivity contribution in [2.45, 2.75) is 20.4 Å². The summed E-state index contributed by atoms with van der Waals surface area (Å²) in [5.74, 6) is 1.81. The number of fused-ring (bicyclic) bond motifs is 1. The zero-order valence-corrected chi connectivity index (χ0v) is 12.1. The van der Waals surface area contributed by atoms with Gasteiger partial charge in [-0.05, 0) is 55.5 Å². The van der Waals surface area contributed by atoms with Crippen LogP contribution in [0, 0.1) is 25.7 Å². The fraction of sp³-hybridized carbons (Fsp3) is 0.600. The molecule has 1 N–H and O–H groups in total. The summed E-state index contributed by atoms with van der Waals surface area (Å²) in [6.07, 6.45) is 0. The van der Waals surface area contributed by atoms with Crippen LogP contribution in [-0.4, -0.2) is 31.1 Å². The van der Waals surface area contributed by atoms with E-state index < -0.39 is 0 Å². The maximum Gasteiger partial charge on any atom is 0.0234 e. The molecule has 2 heterocycles. The van der Waals surface area contributed by atoms with Gasteiger partial charge >= 0.3 is 0 Å². The van der Waals surface area contributed by atoms with Crippen molar-refractivity contribution >= 4 is 12.4 Å². The van der Waals surface area contributed by atoms with E-state index >= 15 is 0 Å². The first-order valence-electron chi connectivity index (χ1n) is 6.71. The first-order valence-corrected chi connectivity index (χ1v) is 6.71. The Morgan fingerprint density at radius 3 is 2.39 bits per heavy atom. The molecule has 0 bridgehead atoms. The van der Waals surface area contributed by atoms with E-state index in [0.717, 1.165) is 18.4 Å². The minimum atomic E-state index is 0. The monoisotopic (exact) mass is 266 g/mol. The van der Waals surface area contributed by atoms with Crippen molar-refractivity contribution < 1.29 is 0 Å². The van der Waals surface area contributed by atoms with Gasteiger partial charge in [-0.3, -0.25) is 4.90 Å². The zero-order chi connectivity index (χ0) is 11.8. The fourth-order valence-corrected chi connectivity index (χ4v) is 3.24. The Morgan fingerprint density at radius 2 is 1.78 bits per heavy atom. The summed E-state index contributed by atoms with van der Waals surface area (Å²) < 4.78 is 0. The highest BCUT2D eigenvalue weighted by molar-refractivity contribution is 5.85. The highest BCUT2D eigenvalue weighted by Crippen LogP contribution is 2.27. The van der Waals surface area contributed by atoms with Crippen LogP contribution in [0.1, 0.15) is 16.7 Å². The molecule has 18 heavy (non-hydrogen) atoms. The number of benzene rings is 1. The summed E-state index contributed by atoms with van der Waals surface area (Å²) in [5, 5.41) is 3.50. The average molecular weight is 267 g/mol. The number of halogens is 1. The molecule has 2 saturated heterocycles. The largest absolute Gasteiger partial charge is 0.316 e. The Morgan fingerprint density at radius 1 is 1.11 bits per heavy atom. The van der Waals surface area contributed by atoms with Gasteiger partial charge in [0.25, 0.3) is 0 Å². The van der Waals surface area contributed by atoms with Crippen molar-refractivity contribution in [1.29, 1.82) is 0 Å². The maximum atomic E-state index is 3.50. The van der Waals surface area contributed by atoms with E-state index in [1.807, 2.05) is 0 Å². The van der Waals surface area contributed by atoms with Crippen LogP contribution in [0.2, 0.25) is 0 Å².